The van der Waals surface area contributed by atoms with Crippen molar-refractivity contribution in [2.45, 2.75) is 45.1 Å². The summed E-state index contributed by atoms with van der Waals surface area (Å²) in [6.45, 7) is 8.43. The molecule has 3 aliphatic rings. The first kappa shape index (κ1) is 16.7. The van der Waals surface area contributed by atoms with Gasteiger partial charge >= 0.3 is 0 Å². The minimum absolute atomic E-state index is 0.0639. The van der Waals surface area contributed by atoms with Crippen LogP contribution in [0.4, 0.5) is 0 Å². The number of rotatable bonds is 4. The van der Waals surface area contributed by atoms with Crippen LogP contribution in [0.3, 0.4) is 0 Å². The van der Waals surface area contributed by atoms with Gasteiger partial charge in [0.05, 0.1) is 0 Å². The van der Waals surface area contributed by atoms with Crippen LogP contribution in [0.1, 0.15) is 39.0 Å². The van der Waals surface area contributed by atoms with Crippen molar-refractivity contribution in [1.29, 1.82) is 0 Å². The molecule has 0 aromatic rings. The van der Waals surface area contributed by atoms with E-state index in [1.54, 1.807) is 6.92 Å². The molecule has 6 heteroatoms. The van der Waals surface area contributed by atoms with Gasteiger partial charge in [0, 0.05) is 65.2 Å². The van der Waals surface area contributed by atoms with Crippen molar-refractivity contribution < 1.29 is 9.59 Å². The number of amides is 2. The molecule has 0 bridgehead atoms. The number of hydrogen-bond acceptors (Lipinski definition) is 4. The van der Waals surface area contributed by atoms with Crippen LogP contribution >= 0.6 is 0 Å². The van der Waals surface area contributed by atoms with Crippen LogP contribution in [0.15, 0.2) is 0 Å². The molecule has 1 aliphatic carbocycles. The van der Waals surface area contributed by atoms with Crippen LogP contribution in [0.25, 0.3) is 0 Å². The minimum atomic E-state index is 0.0639. The number of carbonyl (C=O) groups is 2. The van der Waals surface area contributed by atoms with Crippen LogP contribution in [-0.2, 0) is 9.59 Å². The molecule has 1 spiro atoms. The first-order chi connectivity index (χ1) is 11.1. The molecule has 23 heavy (non-hydrogen) atoms. The Bertz CT molecular complexity index is 450. The fourth-order valence-electron chi connectivity index (χ4n) is 4.48. The van der Waals surface area contributed by atoms with Crippen molar-refractivity contribution in [2.24, 2.45) is 5.41 Å². The van der Waals surface area contributed by atoms with Crippen LogP contribution in [0.5, 0.6) is 0 Å². The van der Waals surface area contributed by atoms with Crippen LogP contribution in [0.2, 0.25) is 0 Å². The number of nitrogens with one attached hydrogen (secondary N) is 2. The maximum Gasteiger partial charge on any atom is 0.223 e. The fourth-order valence-corrected chi connectivity index (χ4v) is 4.48. The third-order valence-corrected chi connectivity index (χ3v) is 5.75. The van der Waals surface area contributed by atoms with Crippen LogP contribution in [-0.4, -0.2) is 73.5 Å². The van der Waals surface area contributed by atoms with E-state index in [1.807, 2.05) is 0 Å². The van der Waals surface area contributed by atoms with E-state index >= 15 is 0 Å². The zero-order valence-corrected chi connectivity index (χ0v) is 14.3. The molecule has 2 saturated heterocycles. The van der Waals surface area contributed by atoms with E-state index in [4.69, 9.17) is 0 Å². The largest absolute Gasteiger partial charge is 0.354 e. The second-order valence-corrected chi connectivity index (χ2v) is 7.55. The zero-order chi connectivity index (χ0) is 16.3. The molecule has 2 atom stereocenters. The normalized spacial score (nSPS) is 31.7. The monoisotopic (exact) mass is 322 g/mol. The van der Waals surface area contributed by atoms with Gasteiger partial charge in [-0.1, -0.05) is 0 Å². The average molecular weight is 322 g/mol. The van der Waals surface area contributed by atoms with E-state index in [1.165, 1.54) is 0 Å². The Morgan fingerprint density at radius 2 is 2.00 bits per heavy atom. The third-order valence-electron chi connectivity index (χ3n) is 5.75. The van der Waals surface area contributed by atoms with Gasteiger partial charge in [-0.2, -0.15) is 0 Å². The first-order valence-corrected chi connectivity index (χ1v) is 9.04. The van der Waals surface area contributed by atoms with E-state index < -0.39 is 0 Å². The van der Waals surface area contributed by atoms with E-state index in [0.29, 0.717) is 18.4 Å². The van der Waals surface area contributed by atoms with E-state index in [0.717, 1.165) is 71.5 Å². The molecule has 130 valence electrons. The van der Waals surface area contributed by atoms with Crippen LogP contribution < -0.4 is 10.6 Å². The molecule has 0 radical (unpaired) electrons. The summed E-state index contributed by atoms with van der Waals surface area (Å²) in [6, 6.07) is 0.309. The highest BCUT2D eigenvalue weighted by Crippen LogP contribution is 2.45. The second-order valence-electron chi connectivity index (χ2n) is 7.55. The van der Waals surface area contributed by atoms with Crippen molar-refractivity contribution in [3.05, 3.63) is 0 Å². The van der Waals surface area contributed by atoms with Gasteiger partial charge in [0.1, 0.15) is 0 Å². The Kier molecular flexibility index (Phi) is 5.21. The Hall–Kier alpha value is -1.14. The van der Waals surface area contributed by atoms with Gasteiger partial charge in [-0.3, -0.25) is 9.59 Å². The Balaban J connectivity index is 1.43. The average Bonchev–Trinajstić information content (AvgIpc) is 3.13. The Labute approximate surface area is 139 Å². The number of likely N-dealkylation sites (tertiary alicyclic amines) is 1. The lowest BCUT2D eigenvalue weighted by atomic mass is 9.85. The van der Waals surface area contributed by atoms with Gasteiger partial charge in [-0.25, -0.2) is 0 Å². The highest BCUT2D eigenvalue weighted by molar-refractivity contribution is 5.76. The first-order valence-electron chi connectivity index (χ1n) is 9.04. The molecule has 3 fully saturated rings. The topological polar surface area (TPSA) is 64.7 Å². The maximum absolute atomic E-state index is 12.5. The summed E-state index contributed by atoms with van der Waals surface area (Å²) in [6.07, 6.45) is 4.98. The van der Waals surface area contributed by atoms with Crippen molar-refractivity contribution in [1.82, 2.24) is 20.4 Å². The Morgan fingerprint density at radius 1 is 1.22 bits per heavy atom. The number of hydrogen-bond donors (Lipinski definition) is 2. The SMILES string of the molecule is CC(=O)NC1CCC2(CCN(C(=O)CCN3CCNCC3)C2)C1. The maximum atomic E-state index is 12.5. The smallest absolute Gasteiger partial charge is 0.223 e. The molecular weight excluding hydrogens is 292 g/mol. The van der Waals surface area contributed by atoms with Crippen LogP contribution in [0, 0.1) is 5.41 Å². The molecule has 2 amide bonds. The standard InChI is InChI=1S/C17H30N4O2/c1-14(22)19-15-2-4-17(12-15)5-9-21(13-17)16(23)3-8-20-10-6-18-7-11-20/h15,18H,2-13H2,1H3,(H,19,22). The van der Waals surface area contributed by atoms with Gasteiger partial charge in [-0.15, -0.1) is 0 Å². The summed E-state index contributed by atoms with van der Waals surface area (Å²) in [5.74, 6) is 0.373. The molecule has 2 unspecified atom stereocenters. The quantitative estimate of drug-likeness (QED) is 0.775. The summed E-state index contributed by atoms with van der Waals surface area (Å²) in [4.78, 5) is 28.2. The van der Waals surface area contributed by atoms with Gasteiger partial charge in [-0.05, 0) is 31.1 Å². The van der Waals surface area contributed by atoms with Gasteiger partial charge < -0.3 is 20.4 Å². The number of piperazine rings is 1. The summed E-state index contributed by atoms with van der Waals surface area (Å²) in [7, 11) is 0. The molecule has 6 nitrogen and oxygen atoms in total. The predicted octanol–water partition coefficient (Wildman–Crippen LogP) is 0.189. The molecule has 2 aliphatic heterocycles. The molecule has 3 rings (SSSR count). The highest BCUT2D eigenvalue weighted by atomic mass is 16.2. The minimum Gasteiger partial charge on any atom is -0.354 e. The lowest BCUT2D eigenvalue weighted by Gasteiger charge is -2.28. The highest BCUT2D eigenvalue weighted by Gasteiger charge is 2.45. The molecule has 1 saturated carbocycles. The molecule has 2 N–H and O–H groups in total. The number of carbonyl (C=O) groups excluding carboxylic acids is 2. The molecule has 2 heterocycles. The number of nitrogens with zero attached hydrogens (tertiary/aromatic N) is 2. The third kappa shape index (κ3) is 4.23. The zero-order valence-electron chi connectivity index (χ0n) is 14.3. The fraction of sp³-hybridized carbons (Fsp3) is 0.882. The van der Waals surface area contributed by atoms with Crippen molar-refractivity contribution >= 4 is 11.8 Å². The summed E-state index contributed by atoms with van der Waals surface area (Å²) >= 11 is 0. The van der Waals surface area contributed by atoms with Crippen molar-refractivity contribution in [3.8, 4) is 0 Å². The van der Waals surface area contributed by atoms with Gasteiger partial charge in [0.15, 0.2) is 0 Å². The molecule has 0 aromatic carbocycles. The predicted molar refractivity (Wildman–Crippen MR) is 89.0 cm³/mol. The molecular formula is C17H30N4O2. The van der Waals surface area contributed by atoms with Gasteiger partial charge in [0.2, 0.25) is 11.8 Å². The van der Waals surface area contributed by atoms with Crippen molar-refractivity contribution in [2.75, 3.05) is 45.8 Å². The second kappa shape index (κ2) is 7.18. The lowest BCUT2D eigenvalue weighted by Crippen LogP contribution is -2.45. The summed E-state index contributed by atoms with van der Waals surface area (Å²) in [5.41, 5.74) is 0.262. The summed E-state index contributed by atoms with van der Waals surface area (Å²) < 4.78 is 0. The molecule has 0 aromatic heterocycles. The summed E-state index contributed by atoms with van der Waals surface area (Å²) in [5, 5.41) is 6.39. The lowest BCUT2D eigenvalue weighted by molar-refractivity contribution is -0.131. The van der Waals surface area contributed by atoms with E-state index in [2.05, 4.69) is 20.4 Å². The van der Waals surface area contributed by atoms with E-state index in [9.17, 15) is 9.59 Å². The van der Waals surface area contributed by atoms with Crippen molar-refractivity contribution in [3.63, 3.8) is 0 Å². The van der Waals surface area contributed by atoms with E-state index in [-0.39, 0.29) is 11.3 Å². The van der Waals surface area contributed by atoms with Gasteiger partial charge in [0.25, 0.3) is 0 Å². The Morgan fingerprint density at radius 3 is 2.74 bits per heavy atom.